The Kier molecular flexibility index (Phi) is 6.54. The van der Waals surface area contributed by atoms with Crippen molar-refractivity contribution < 1.29 is 24.0 Å². The number of carboxylic acid groups (broad SMARTS) is 1. The molecule has 1 aliphatic heterocycles. The van der Waals surface area contributed by atoms with Crippen molar-refractivity contribution in [3.63, 3.8) is 0 Å². The number of thiophene rings is 1. The number of carbonyl (C=O) groups is 3. The number of hydrogen-bond donors (Lipinski definition) is 4. The number of nitrogens with two attached hydrogens (primary N) is 1. The van der Waals surface area contributed by atoms with Gasteiger partial charge >= 0.3 is 12.1 Å². The highest BCUT2D eigenvalue weighted by molar-refractivity contribution is 9.11. The van der Waals surface area contributed by atoms with E-state index in [1.165, 1.54) is 11.3 Å². The molecule has 0 aliphatic carbocycles. The molecule has 0 bridgehead atoms. The van der Waals surface area contributed by atoms with Crippen molar-refractivity contribution in [2.75, 3.05) is 18.4 Å². The van der Waals surface area contributed by atoms with Crippen LogP contribution in [-0.4, -0.2) is 52.3 Å². The van der Waals surface area contributed by atoms with Crippen molar-refractivity contribution >= 4 is 50.3 Å². The summed E-state index contributed by atoms with van der Waals surface area (Å²) in [5, 5.41) is 15.7. The average molecular weight is 462 g/mol. The lowest BCUT2D eigenvalue weighted by Crippen LogP contribution is -2.66. The van der Waals surface area contributed by atoms with Gasteiger partial charge in [-0.2, -0.15) is 4.79 Å². The third-order valence-electron chi connectivity index (χ3n) is 5.04. The van der Waals surface area contributed by atoms with Crippen LogP contribution < -0.4 is 16.4 Å². The predicted molar refractivity (Wildman–Crippen MR) is 108 cm³/mol. The minimum Gasteiger partial charge on any atom is -0.435 e. The average Bonchev–Trinajstić information content (AvgIpc) is 2.75. The number of primary amides is 1. The van der Waals surface area contributed by atoms with E-state index in [0.29, 0.717) is 33.9 Å². The number of amides is 4. The Balaban J connectivity index is 2.24. The van der Waals surface area contributed by atoms with E-state index < -0.39 is 17.7 Å². The van der Waals surface area contributed by atoms with Crippen molar-refractivity contribution in [3.05, 3.63) is 15.4 Å². The summed E-state index contributed by atoms with van der Waals surface area (Å²) < 4.78 is 0.583. The maximum Gasteiger partial charge on any atom is 0.514 e. The van der Waals surface area contributed by atoms with Gasteiger partial charge in [-0.15, -0.1) is 11.3 Å². The van der Waals surface area contributed by atoms with Crippen molar-refractivity contribution in [2.45, 2.75) is 51.6 Å². The third kappa shape index (κ3) is 4.80. The zero-order valence-corrected chi connectivity index (χ0v) is 18.1. The number of likely N-dealkylation sites (tertiary alicyclic amines) is 1. The standard InChI is InChI=1S/C17H25BrN4O4S/c1-17(2,3)22(16(25)26)7-5-4-6-10(9-22)20-13(23)11-8-12(18)27-14(11)21-15(19)24/h8,10H,4-7,9H2,1-3H3,(H4-,19,20,21,23,24,25,26)/p+1/t10-,22?/m0/s1. The summed E-state index contributed by atoms with van der Waals surface area (Å²) in [5.74, 6) is -0.356. The molecule has 27 heavy (non-hydrogen) atoms. The first-order chi connectivity index (χ1) is 12.5. The molecule has 0 spiro atoms. The fourth-order valence-corrected chi connectivity index (χ4v) is 5.02. The first kappa shape index (κ1) is 21.6. The zero-order valence-electron chi connectivity index (χ0n) is 15.7. The topological polar surface area (TPSA) is 122 Å². The van der Waals surface area contributed by atoms with E-state index in [0.717, 1.165) is 12.8 Å². The van der Waals surface area contributed by atoms with Crippen LogP contribution in [0.15, 0.2) is 9.85 Å². The number of halogens is 1. The molecule has 1 aliphatic rings. The lowest BCUT2D eigenvalue weighted by molar-refractivity contribution is -0.903. The molecule has 2 atom stereocenters. The van der Waals surface area contributed by atoms with Crippen molar-refractivity contribution in [1.82, 2.24) is 5.32 Å². The molecule has 1 aromatic rings. The van der Waals surface area contributed by atoms with Crippen LogP contribution in [0.25, 0.3) is 0 Å². The van der Waals surface area contributed by atoms with Crippen LogP contribution in [0.2, 0.25) is 0 Å². The Morgan fingerprint density at radius 3 is 2.56 bits per heavy atom. The van der Waals surface area contributed by atoms with E-state index in [1.54, 1.807) is 6.07 Å². The largest absolute Gasteiger partial charge is 0.514 e. The summed E-state index contributed by atoms with van der Waals surface area (Å²) >= 11 is 4.50. The van der Waals surface area contributed by atoms with Crippen LogP contribution in [0, 0.1) is 0 Å². The summed E-state index contributed by atoms with van der Waals surface area (Å²) in [6, 6.07) is 0.586. The molecule has 1 aromatic heterocycles. The molecule has 2 heterocycles. The molecule has 1 unspecified atom stereocenters. The van der Waals surface area contributed by atoms with Gasteiger partial charge in [0.15, 0.2) is 0 Å². The molecule has 150 valence electrons. The molecule has 2 rings (SSSR count). The van der Waals surface area contributed by atoms with Gasteiger partial charge in [0, 0.05) is 0 Å². The van der Waals surface area contributed by atoms with Gasteiger partial charge in [-0.1, -0.05) is 0 Å². The van der Waals surface area contributed by atoms with E-state index in [4.69, 9.17) is 5.73 Å². The highest BCUT2D eigenvalue weighted by Crippen LogP contribution is 2.33. The molecule has 1 saturated heterocycles. The summed E-state index contributed by atoms with van der Waals surface area (Å²) in [5.41, 5.74) is 4.97. The van der Waals surface area contributed by atoms with E-state index in [-0.39, 0.29) is 16.4 Å². The number of rotatable bonds is 3. The van der Waals surface area contributed by atoms with Crippen molar-refractivity contribution in [3.8, 4) is 0 Å². The minimum absolute atomic E-state index is 0.0995. The number of nitrogens with one attached hydrogen (secondary N) is 2. The monoisotopic (exact) mass is 461 g/mol. The summed E-state index contributed by atoms with van der Waals surface area (Å²) in [7, 11) is 0. The fraction of sp³-hybridized carbons (Fsp3) is 0.588. The number of anilines is 1. The quantitative estimate of drug-likeness (QED) is 0.513. The van der Waals surface area contributed by atoms with Crippen molar-refractivity contribution in [2.24, 2.45) is 5.73 Å². The number of urea groups is 1. The van der Waals surface area contributed by atoms with Gasteiger partial charge in [-0.25, -0.2) is 9.28 Å². The normalized spacial score (nSPS) is 23.3. The Hall–Kier alpha value is -1.65. The maximum atomic E-state index is 12.8. The number of carbonyl (C=O) groups excluding carboxylic acids is 2. The van der Waals surface area contributed by atoms with Gasteiger partial charge in [0.25, 0.3) is 5.91 Å². The molecule has 0 aromatic carbocycles. The second-order valence-corrected chi connectivity index (χ2v) is 10.2. The SMILES string of the molecule is CC(C)(C)[N+]1(C(=O)O)CCCC[C@H](NC(=O)c2cc(Br)sc2NC(N)=O)C1. The highest BCUT2D eigenvalue weighted by atomic mass is 79.9. The number of quaternary nitrogens is 1. The fourth-order valence-electron chi connectivity index (χ4n) is 3.52. The first-order valence-electron chi connectivity index (χ1n) is 8.73. The molecule has 10 heteroatoms. The second kappa shape index (κ2) is 8.15. The van der Waals surface area contributed by atoms with Gasteiger partial charge in [0.05, 0.1) is 21.9 Å². The third-order valence-corrected chi connectivity index (χ3v) is 6.60. The second-order valence-electron chi connectivity index (χ2n) is 7.78. The van der Waals surface area contributed by atoms with Crippen LogP contribution in [-0.2, 0) is 0 Å². The molecule has 4 amide bonds. The Morgan fingerprint density at radius 2 is 2.00 bits per heavy atom. The lowest BCUT2D eigenvalue weighted by Gasteiger charge is -2.44. The van der Waals surface area contributed by atoms with Crippen LogP contribution in [0.4, 0.5) is 14.6 Å². The van der Waals surface area contributed by atoms with E-state index >= 15 is 0 Å². The van der Waals surface area contributed by atoms with Gasteiger partial charge < -0.3 is 16.2 Å². The van der Waals surface area contributed by atoms with E-state index in [1.807, 2.05) is 20.8 Å². The van der Waals surface area contributed by atoms with Gasteiger partial charge in [0.2, 0.25) is 0 Å². The molecular weight excluding hydrogens is 436 g/mol. The van der Waals surface area contributed by atoms with Crippen LogP contribution >= 0.6 is 27.3 Å². The Morgan fingerprint density at radius 1 is 1.33 bits per heavy atom. The predicted octanol–water partition coefficient (Wildman–Crippen LogP) is 3.58. The van der Waals surface area contributed by atoms with Crippen LogP contribution in [0.1, 0.15) is 50.4 Å². The molecule has 1 fully saturated rings. The Bertz CT molecular complexity index is 746. The Labute approximate surface area is 170 Å². The lowest BCUT2D eigenvalue weighted by atomic mass is 10.0. The van der Waals surface area contributed by atoms with Crippen LogP contribution in [0.3, 0.4) is 0 Å². The van der Waals surface area contributed by atoms with Crippen molar-refractivity contribution in [1.29, 1.82) is 0 Å². The van der Waals surface area contributed by atoms with E-state index in [9.17, 15) is 19.5 Å². The number of nitrogens with zero attached hydrogens (tertiary/aromatic N) is 1. The molecular formula is C17H26BrN4O4S+. The molecule has 8 nitrogen and oxygen atoms in total. The first-order valence-corrected chi connectivity index (χ1v) is 10.3. The van der Waals surface area contributed by atoms with Gasteiger partial charge in [0.1, 0.15) is 17.1 Å². The summed E-state index contributed by atoms with van der Waals surface area (Å²) in [6.07, 6.45) is 1.46. The van der Waals surface area contributed by atoms with Gasteiger partial charge in [-0.05, 0) is 62.0 Å². The van der Waals surface area contributed by atoms with E-state index in [2.05, 4.69) is 26.6 Å². The molecule has 5 N–H and O–H groups in total. The number of hydrogen-bond acceptors (Lipinski definition) is 4. The summed E-state index contributed by atoms with van der Waals surface area (Å²) in [6.45, 7) is 6.58. The molecule has 0 radical (unpaired) electrons. The summed E-state index contributed by atoms with van der Waals surface area (Å²) in [4.78, 5) is 36.1. The van der Waals surface area contributed by atoms with Gasteiger partial charge in [-0.3, -0.25) is 10.1 Å². The van der Waals surface area contributed by atoms with Crippen LogP contribution in [0.5, 0.6) is 0 Å². The highest BCUT2D eigenvalue weighted by Gasteiger charge is 2.50. The minimum atomic E-state index is -0.877. The zero-order chi connectivity index (χ0) is 20.4. The maximum absolute atomic E-state index is 12.8. The smallest absolute Gasteiger partial charge is 0.435 e. The molecule has 0 saturated carbocycles.